The van der Waals surface area contributed by atoms with Gasteiger partial charge >= 0.3 is 5.97 Å². The Kier molecular flexibility index (Phi) is 3.92. The van der Waals surface area contributed by atoms with Gasteiger partial charge < -0.3 is 15.4 Å². The predicted octanol–water partition coefficient (Wildman–Crippen LogP) is 3.92. The van der Waals surface area contributed by atoms with Crippen LogP contribution in [0.2, 0.25) is 5.02 Å². The van der Waals surface area contributed by atoms with Crippen molar-refractivity contribution in [2.45, 2.75) is 38.0 Å². The first-order chi connectivity index (χ1) is 12.4. The predicted molar refractivity (Wildman–Crippen MR) is 100 cm³/mol. The summed E-state index contributed by atoms with van der Waals surface area (Å²) in [7, 11) is 0. The molecule has 1 aromatic heterocycles. The van der Waals surface area contributed by atoms with Gasteiger partial charge in [-0.3, -0.25) is 9.59 Å². The van der Waals surface area contributed by atoms with Crippen LogP contribution in [0, 0.1) is 0 Å². The summed E-state index contributed by atoms with van der Waals surface area (Å²) in [6.07, 6.45) is 7.28. The van der Waals surface area contributed by atoms with Crippen molar-refractivity contribution in [1.29, 1.82) is 0 Å². The van der Waals surface area contributed by atoms with Crippen LogP contribution in [0.25, 0.3) is 5.57 Å². The van der Waals surface area contributed by atoms with Gasteiger partial charge in [0.1, 0.15) is 5.41 Å². The number of rotatable bonds is 3. The van der Waals surface area contributed by atoms with Crippen LogP contribution >= 0.6 is 11.6 Å². The van der Waals surface area contributed by atoms with Gasteiger partial charge in [-0.25, -0.2) is 0 Å². The van der Waals surface area contributed by atoms with Crippen LogP contribution < -0.4 is 5.32 Å². The number of aromatic amines is 1. The molecule has 0 saturated heterocycles. The van der Waals surface area contributed by atoms with E-state index in [1.807, 2.05) is 0 Å². The number of hydrogen-bond donors (Lipinski definition) is 3. The number of aliphatic carboxylic acids is 1. The summed E-state index contributed by atoms with van der Waals surface area (Å²) in [4.78, 5) is 28.0. The van der Waals surface area contributed by atoms with Crippen LogP contribution in [-0.2, 0) is 27.8 Å². The van der Waals surface area contributed by atoms with Crippen LogP contribution in [0.1, 0.15) is 42.1 Å². The van der Waals surface area contributed by atoms with Crippen molar-refractivity contribution < 1.29 is 14.7 Å². The first kappa shape index (κ1) is 16.9. The molecule has 0 spiro atoms. The Balaban J connectivity index is 1.88. The number of carboxylic acids is 1. The molecule has 1 amide bonds. The zero-order valence-corrected chi connectivity index (χ0v) is 15.1. The lowest BCUT2D eigenvalue weighted by Crippen LogP contribution is -2.32. The van der Waals surface area contributed by atoms with Gasteiger partial charge in [0.25, 0.3) is 5.91 Å². The minimum atomic E-state index is -1.31. The van der Waals surface area contributed by atoms with Gasteiger partial charge in [0.15, 0.2) is 0 Å². The van der Waals surface area contributed by atoms with E-state index in [4.69, 9.17) is 11.6 Å². The van der Waals surface area contributed by atoms with Crippen LogP contribution in [0.15, 0.2) is 30.5 Å². The normalized spacial score (nSPS) is 19.6. The SMILES string of the molecule is CC(C=C1C(=O)Nc2ccc(Cl)cc21)(C(=O)O)c1c[nH]c2c1CCCC2. The highest BCUT2D eigenvalue weighted by Gasteiger charge is 2.39. The van der Waals surface area contributed by atoms with E-state index in [-0.39, 0.29) is 5.91 Å². The molecule has 0 radical (unpaired) electrons. The van der Waals surface area contributed by atoms with E-state index in [0.717, 1.165) is 42.5 Å². The molecule has 4 rings (SSSR count). The van der Waals surface area contributed by atoms with Gasteiger partial charge in [0, 0.05) is 33.7 Å². The minimum absolute atomic E-state index is 0.306. The Labute approximate surface area is 156 Å². The number of anilines is 1. The number of nitrogens with one attached hydrogen (secondary N) is 2. The average molecular weight is 371 g/mol. The van der Waals surface area contributed by atoms with E-state index in [9.17, 15) is 14.7 Å². The molecule has 1 aromatic carbocycles. The maximum atomic E-state index is 12.5. The first-order valence-electron chi connectivity index (χ1n) is 8.67. The molecule has 0 fully saturated rings. The summed E-state index contributed by atoms with van der Waals surface area (Å²) < 4.78 is 0. The molecule has 2 heterocycles. The van der Waals surface area contributed by atoms with E-state index in [2.05, 4.69) is 10.3 Å². The Morgan fingerprint density at radius 2 is 2.08 bits per heavy atom. The summed E-state index contributed by atoms with van der Waals surface area (Å²) in [5, 5.41) is 13.3. The Morgan fingerprint density at radius 1 is 1.31 bits per heavy atom. The Morgan fingerprint density at radius 3 is 2.85 bits per heavy atom. The second-order valence-electron chi connectivity index (χ2n) is 7.08. The average Bonchev–Trinajstić information content (AvgIpc) is 3.17. The van der Waals surface area contributed by atoms with Crippen LogP contribution in [0.3, 0.4) is 0 Å². The fraction of sp³-hybridized carbons (Fsp3) is 0.300. The molecule has 3 N–H and O–H groups in total. The standard InChI is InChI=1S/C20H19ClN2O3/c1-20(19(25)26,15-10-22-16-5-3-2-4-12(15)16)9-14-13-8-11(21)6-7-17(13)23-18(14)24/h6-10,22H,2-5H2,1H3,(H,23,24)(H,25,26). The number of H-pyrrole nitrogens is 1. The van der Waals surface area contributed by atoms with Crippen molar-refractivity contribution in [3.63, 3.8) is 0 Å². The molecule has 2 aromatic rings. The number of amides is 1. The Hall–Kier alpha value is -2.53. The quantitative estimate of drug-likeness (QED) is 0.716. The number of benzene rings is 1. The number of hydrogen-bond acceptors (Lipinski definition) is 2. The lowest BCUT2D eigenvalue weighted by Gasteiger charge is -2.24. The third kappa shape index (κ3) is 2.54. The molecule has 1 aliphatic heterocycles. The molecule has 0 bridgehead atoms. The molecule has 1 atom stereocenters. The van der Waals surface area contributed by atoms with E-state index in [0.29, 0.717) is 21.8 Å². The van der Waals surface area contributed by atoms with Crippen LogP contribution in [0.5, 0.6) is 0 Å². The second-order valence-corrected chi connectivity index (χ2v) is 7.51. The van der Waals surface area contributed by atoms with Crippen molar-refractivity contribution in [3.8, 4) is 0 Å². The van der Waals surface area contributed by atoms with E-state index in [1.54, 1.807) is 37.4 Å². The Bertz CT molecular complexity index is 960. The topological polar surface area (TPSA) is 82.2 Å². The van der Waals surface area contributed by atoms with Crippen molar-refractivity contribution in [2.24, 2.45) is 0 Å². The minimum Gasteiger partial charge on any atom is -0.480 e. The van der Waals surface area contributed by atoms with Gasteiger partial charge in [-0.2, -0.15) is 0 Å². The van der Waals surface area contributed by atoms with Crippen molar-refractivity contribution in [2.75, 3.05) is 5.32 Å². The van der Waals surface area contributed by atoms with Gasteiger partial charge in [-0.1, -0.05) is 11.6 Å². The van der Waals surface area contributed by atoms with Crippen molar-refractivity contribution >= 4 is 34.7 Å². The molecule has 134 valence electrons. The maximum Gasteiger partial charge on any atom is 0.317 e. The van der Waals surface area contributed by atoms with E-state index in [1.165, 1.54) is 0 Å². The van der Waals surface area contributed by atoms with Gasteiger partial charge in [0.2, 0.25) is 0 Å². The molecule has 1 unspecified atom stereocenters. The number of fused-ring (bicyclic) bond motifs is 2. The highest BCUT2D eigenvalue weighted by Crippen LogP contribution is 2.40. The largest absolute Gasteiger partial charge is 0.480 e. The smallest absolute Gasteiger partial charge is 0.317 e. The zero-order valence-electron chi connectivity index (χ0n) is 14.4. The summed E-state index contributed by atoms with van der Waals surface area (Å²) in [6, 6.07) is 5.12. The number of aryl methyl sites for hydroxylation is 1. The molecule has 5 nitrogen and oxygen atoms in total. The van der Waals surface area contributed by atoms with Crippen LogP contribution in [-0.4, -0.2) is 22.0 Å². The summed E-state index contributed by atoms with van der Waals surface area (Å²) in [6.45, 7) is 1.65. The van der Waals surface area contributed by atoms with Gasteiger partial charge in [0.05, 0.1) is 0 Å². The van der Waals surface area contributed by atoms with Gasteiger partial charge in [-0.15, -0.1) is 0 Å². The number of carboxylic acid groups (broad SMARTS) is 1. The number of carbonyl (C=O) groups excluding carboxylic acids is 1. The number of halogens is 1. The second kappa shape index (κ2) is 6.02. The summed E-state index contributed by atoms with van der Waals surface area (Å²) in [5.41, 5.74) is 3.24. The molecule has 6 heteroatoms. The molecular formula is C20H19ClN2O3. The third-order valence-corrected chi connectivity index (χ3v) is 5.62. The summed E-state index contributed by atoms with van der Waals surface area (Å²) in [5.74, 6) is -1.29. The summed E-state index contributed by atoms with van der Waals surface area (Å²) >= 11 is 6.08. The third-order valence-electron chi connectivity index (χ3n) is 5.39. The first-order valence-corrected chi connectivity index (χ1v) is 9.05. The van der Waals surface area contributed by atoms with E-state index < -0.39 is 11.4 Å². The highest BCUT2D eigenvalue weighted by molar-refractivity contribution is 6.34. The van der Waals surface area contributed by atoms with E-state index >= 15 is 0 Å². The molecule has 26 heavy (non-hydrogen) atoms. The lowest BCUT2D eigenvalue weighted by molar-refractivity contribution is -0.141. The highest BCUT2D eigenvalue weighted by atomic mass is 35.5. The van der Waals surface area contributed by atoms with Gasteiger partial charge in [-0.05, 0) is 68.0 Å². The molecule has 0 saturated carbocycles. The van der Waals surface area contributed by atoms with Crippen LogP contribution in [0.4, 0.5) is 5.69 Å². The fourth-order valence-electron chi connectivity index (χ4n) is 3.92. The van der Waals surface area contributed by atoms with Crippen molar-refractivity contribution in [3.05, 3.63) is 57.9 Å². The van der Waals surface area contributed by atoms with Crippen molar-refractivity contribution in [1.82, 2.24) is 4.98 Å². The number of carbonyl (C=O) groups is 2. The molecule has 1 aliphatic carbocycles. The fourth-order valence-corrected chi connectivity index (χ4v) is 4.09. The monoisotopic (exact) mass is 370 g/mol. The maximum absolute atomic E-state index is 12.5. The lowest BCUT2D eigenvalue weighted by atomic mass is 9.77. The molecular weight excluding hydrogens is 352 g/mol. The molecule has 2 aliphatic rings. The zero-order chi connectivity index (χ0) is 18.5. The number of aromatic nitrogens is 1.